The van der Waals surface area contributed by atoms with Crippen molar-refractivity contribution < 1.29 is 4.79 Å². The highest BCUT2D eigenvalue weighted by atomic mass is 35.5. The highest BCUT2D eigenvalue weighted by Gasteiger charge is 2.38. The smallest absolute Gasteiger partial charge is 0.227 e. The van der Waals surface area contributed by atoms with Gasteiger partial charge in [0.05, 0.1) is 12.0 Å². The molecule has 2 aliphatic heterocycles. The van der Waals surface area contributed by atoms with Crippen LogP contribution >= 0.6 is 12.4 Å². The molecule has 3 nitrogen and oxygen atoms in total. The van der Waals surface area contributed by atoms with Crippen LogP contribution in [-0.4, -0.2) is 42.4 Å². The summed E-state index contributed by atoms with van der Waals surface area (Å²) in [5, 5.41) is 0. The minimum Gasteiger partial charge on any atom is -0.338 e. The number of halogens is 1. The fourth-order valence-corrected chi connectivity index (χ4v) is 3.91. The molecule has 0 N–H and O–H groups in total. The summed E-state index contributed by atoms with van der Waals surface area (Å²) in [6.07, 6.45) is 4.89. The van der Waals surface area contributed by atoms with Crippen LogP contribution < -0.4 is 0 Å². The SMILES string of the molecule is Cc1ccc([C@H]2C[C@@H](CN3CCCCC3)C(=O)N2C)cc1C.Cl. The normalized spacial score (nSPS) is 25.5. The number of aryl methyl sites for hydroxylation is 2. The van der Waals surface area contributed by atoms with Crippen molar-refractivity contribution in [3.63, 3.8) is 0 Å². The molecule has 3 rings (SSSR count). The summed E-state index contributed by atoms with van der Waals surface area (Å²) in [7, 11) is 1.97. The Morgan fingerprint density at radius 3 is 2.43 bits per heavy atom. The van der Waals surface area contributed by atoms with Gasteiger partial charge in [0.2, 0.25) is 5.91 Å². The zero-order chi connectivity index (χ0) is 15.7. The van der Waals surface area contributed by atoms with Crippen LogP contribution in [0.5, 0.6) is 0 Å². The predicted molar refractivity (Wildman–Crippen MR) is 97.1 cm³/mol. The summed E-state index contributed by atoms with van der Waals surface area (Å²) in [6.45, 7) is 7.58. The predicted octanol–water partition coefficient (Wildman–Crippen LogP) is 3.73. The largest absolute Gasteiger partial charge is 0.338 e. The van der Waals surface area contributed by atoms with E-state index in [9.17, 15) is 4.79 Å². The van der Waals surface area contributed by atoms with Gasteiger partial charge in [-0.1, -0.05) is 24.6 Å². The number of hydrogen-bond acceptors (Lipinski definition) is 2. The molecule has 128 valence electrons. The van der Waals surface area contributed by atoms with E-state index in [1.54, 1.807) is 0 Å². The number of carbonyl (C=O) groups is 1. The molecule has 23 heavy (non-hydrogen) atoms. The molecule has 0 unspecified atom stereocenters. The van der Waals surface area contributed by atoms with Crippen LogP contribution in [0.4, 0.5) is 0 Å². The minimum absolute atomic E-state index is 0. The molecule has 2 atom stereocenters. The Labute approximate surface area is 146 Å². The molecule has 2 heterocycles. The number of nitrogens with zero attached hydrogens (tertiary/aromatic N) is 2. The van der Waals surface area contributed by atoms with Crippen molar-refractivity contribution >= 4 is 18.3 Å². The van der Waals surface area contributed by atoms with E-state index in [-0.39, 0.29) is 24.4 Å². The zero-order valence-electron chi connectivity index (χ0n) is 14.5. The second kappa shape index (κ2) is 7.67. The van der Waals surface area contributed by atoms with Crippen LogP contribution in [0.15, 0.2) is 18.2 Å². The van der Waals surface area contributed by atoms with Crippen molar-refractivity contribution in [2.24, 2.45) is 5.92 Å². The molecule has 0 aromatic heterocycles. The molecule has 0 bridgehead atoms. The monoisotopic (exact) mass is 336 g/mol. The number of rotatable bonds is 3. The summed E-state index contributed by atoms with van der Waals surface area (Å²) in [5.41, 5.74) is 3.93. The molecule has 2 saturated heterocycles. The molecule has 2 aliphatic rings. The summed E-state index contributed by atoms with van der Waals surface area (Å²) >= 11 is 0. The van der Waals surface area contributed by atoms with Crippen molar-refractivity contribution in [3.8, 4) is 0 Å². The standard InChI is InChI=1S/C19H28N2O.ClH/c1-14-7-8-16(11-15(14)2)18-12-17(19(22)20(18)3)13-21-9-5-4-6-10-21;/h7-8,11,17-18H,4-6,9-10,12-13H2,1-3H3;1H/t17-,18+;/m0./s1. The van der Waals surface area contributed by atoms with Gasteiger partial charge >= 0.3 is 0 Å². The number of benzene rings is 1. The Bertz CT molecular complexity index is 554. The number of carbonyl (C=O) groups excluding carboxylic acids is 1. The lowest BCUT2D eigenvalue weighted by Crippen LogP contribution is -2.36. The fourth-order valence-electron chi connectivity index (χ4n) is 3.91. The molecule has 0 radical (unpaired) electrons. The van der Waals surface area contributed by atoms with Gasteiger partial charge in [0, 0.05) is 13.6 Å². The average molecular weight is 337 g/mol. The summed E-state index contributed by atoms with van der Waals surface area (Å²) in [5.74, 6) is 0.503. The number of amides is 1. The first-order chi connectivity index (χ1) is 10.6. The number of piperidine rings is 1. The van der Waals surface area contributed by atoms with Crippen LogP contribution in [-0.2, 0) is 4.79 Å². The molecule has 0 aliphatic carbocycles. The number of hydrogen-bond donors (Lipinski definition) is 0. The Morgan fingerprint density at radius 1 is 1.09 bits per heavy atom. The Balaban J connectivity index is 0.00000192. The third kappa shape index (κ3) is 3.89. The highest BCUT2D eigenvalue weighted by Crippen LogP contribution is 2.36. The molecule has 0 spiro atoms. The third-order valence-electron chi connectivity index (χ3n) is 5.52. The molecule has 0 saturated carbocycles. The molecule has 2 fully saturated rings. The van der Waals surface area contributed by atoms with Crippen molar-refractivity contribution in [2.45, 2.75) is 45.6 Å². The van der Waals surface area contributed by atoms with Crippen LogP contribution in [0.1, 0.15) is 48.4 Å². The van der Waals surface area contributed by atoms with Crippen LogP contribution in [0.25, 0.3) is 0 Å². The molecular weight excluding hydrogens is 308 g/mol. The quantitative estimate of drug-likeness (QED) is 0.839. The van der Waals surface area contributed by atoms with Gasteiger partial charge in [-0.3, -0.25) is 4.79 Å². The molecule has 1 aromatic carbocycles. The Morgan fingerprint density at radius 2 is 1.78 bits per heavy atom. The van der Waals surface area contributed by atoms with E-state index in [1.807, 2.05) is 11.9 Å². The molecule has 1 aromatic rings. The van der Waals surface area contributed by atoms with E-state index in [2.05, 4.69) is 36.9 Å². The molecule has 4 heteroatoms. The summed E-state index contributed by atoms with van der Waals surface area (Å²) in [4.78, 5) is 17.1. The van der Waals surface area contributed by atoms with Crippen molar-refractivity contribution in [3.05, 3.63) is 34.9 Å². The van der Waals surface area contributed by atoms with E-state index < -0.39 is 0 Å². The summed E-state index contributed by atoms with van der Waals surface area (Å²) in [6, 6.07) is 6.88. The summed E-state index contributed by atoms with van der Waals surface area (Å²) < 4.78 is 0. The van der Waals surface area contributed by atoms with E-state index in [0.29, 0.717) is 5.91 Å². The fraction of sp³-hybridized carbons (Fsp3) is 0.632. The van der Waals surface area contributed by atoms with E-state index >= 15 is 0 Å². The second-order valence-electron chi connectivity index (χ2n) is 7.10. The lowest BCUT2D eigenvalue weighted by molar-refractivity contribution is -0.131. The third-order valence-corrected chi connectivity index (χ3v) is 5.52. The van der Waals surface area contributed by atoms with Crippen molar-refractivity contribution in [2.75, 3.05) is 26.7 Å². The van der Waals surface area contributed by atoms with Gasteiger partial charge < -0.3 is 9.80 Å². The second-order valence-corrected chi connectivity index (χ2v) is 7.10. The van der Waals surface area contributed by atoms with Crippen LogP contribution in [0, 0.1) is 19.8 Å². The van der Waals surface area contributed by atoms with Crippen LogP contribution in [0.2, 0.25) is 0 Å². The first kappa shape index (κ1) is 18.3. The van der Waals surface area contributed by atoms with E-state index in [4.69, 9.17) is 0 Å². The first-order valence-corrected chi connectivity index (χ1v) is 8.62. The van der Waals surface area contributed by atoms with Gasteiger partial charge in [-0.05, 0) is 62.9 Å². The average Bonchev–Trinajstić information content (AvgIpc) is 2.80. The molecular formula is C19H29ClN2O. The maximum Gasteiger partial charge on any atom is 0.227 e. The highest BCUT2D eigenvalue weighted by molar-refractivity contribution is 5.85. The van der Waals surface area contributed by atoms with Gasteiger partial charge in [0.15, 0.2) is 0 Å². The number of likely N-dealkylation sites (tertiary alicyclic amines) is 2. The molecule has 1 amide bonds. The first-order valence-electron chi connectivity index (χ1n) is 8.62. The van der Waals surface area contributed by atoms with Crippen LogP contribution in [0.3, 0.4) is 0 Å². The van der Waals surface area contributed by atoms with E-state index in [1.165, 1.54) is 49.0 Å². The van der Waals surface area contributed by atoms with Gasteiger partial charge in [-0.2, -0.15) is 0 Å². The van der Waals surface area contributed by atoms with Gasteiger partial charge in [-0.25, -0.2) is 0 Å². The topological polar surface area (TPSA) is 23.6 Å². The Kier molecular flexibility index (Phi) is 6.10. The van der Waals surface area contributed by atoms with Gasteiger partial charge in [0.1, 0.15) is 0 Å². The maximum atomic E-state index is 12.6. The van der Waals surface area contributed by atoms with Crippen molar-refractivity contribution in [1.29, 1.82) is 0 Å². The van der Waals surface area contributed by atoms with E-state index in [0.717, 1.165) is 13.0 Å². The van der Waals surface area contributed by atoms with Gasteiger partial charge in [0.25, 0.3) is 0 Å². The lowest BCUT2D eigenvalue weighted by Gasteiger charge is -2.28. The zero-order valence-corrected chi connectivity index (χ0v) is 15.4. The van der Waals surface area contributed by atoms with Crippen molar-refractivity contribution in [1.82, 2.24) is 9.80 Å². The Hall–Kier alpha value is -1.06. The lowest BCUT2D eigenvalue weighted by atomic mass is 9.96. The maximum absolute atomic E-state index is 12.6. The minimum atomic E-state index is 0. The van der Waals surface area contributed by atoms with Gasteiger partial charge in [-0.15, -0.1) is 12.4 Å².